The van der Waals surface area contributed by atoms with Crippen LogP contribution in [-0.4, -0.2) is 5.71 Å². The Hall–Kier alpha value is -1.11. The summed E-state index contributed by atoms with van der Waals surface area (Å²) in [6.45, 7) is 9.63. The molecule has 1 saturated carbocycles. The van der Waals surface area contributed by atoms with Crippen LogP contribution in [0.15, 0.2) is 41.6 Å². The maximum absolute atomic E-state index is 4.30. The van der Waals surface area contributed by atoms with Gasteiger partial charge in [-0.05, 0) is 36.8 Å². The molecule has 13 heavy (non-hydrogen) atoms. The van der Waals surface area contributed by atoms with Crippen molar-refractivity contribution in [3.8, 4) is 0 Å². The minimum absolute atomic E-state index is 1.05. The highest BCUT2D eigenvalue weighted by atomic mass is 14.7. The fraction of sp³-hybridized carbons (Fsp3) is 0.417. The number of allylic oxidation sites excluding steroid dienone is 3. The third kappa shape index (κ3) is 2.18. The molecule has 0 N–H and O–H groups in total. The van der Waals surface area contributed by atoms with Gasteiger partial charge in [0.1, 0.15) is 0 Å². The van der Waals surface area contributed by atoms with Crippen molar-refractivity contribution in [2.24, 2.45) is 4.99 Å². The van der Waals surface area contributed by atoms with Crippen LogP contribution >= 0.6 is 0 Å². The standard InChI is InChI=1S/C12H17N/c1-4-10(5-2)11-8-7-9-12(11)13-6-3/h4,6H,1,3,5,7-9H2,2H3/b11-10+,13-12-. The predicted octanol–water partition coefficient (Wildman–Crippen LogP) is 3.65. The van der Waals surface area contributed by atoms with E-state index in [2.05, 4.69) is 25.1 Å². The van der Waals surface area contributed by atoms with Crippen LogP contribution in [0.5, 0.6) is 0 Å². The molecule has 0 aromatic carbocycles. The molecule has 0 atom stereocenters. The second-order valence-electron chi connectivity index (χ2n) is 3.17. The molecule has 0 heterocycles. The van der Waals surface area contributed by atoms with Gasteiger partial charge in [-0.25, -0.2) is 0 Å². The van der Waals surface area contributed by atoms with E-state index < -0.39 is 0 Å². The Labute approximate surface area is 80.6 Å². The smallest absolute Gasteiger partial charge is 0.0438 e. The first-order valence-electron chi connectivity index (χ1n) is 4.85. The summed E-state index contributed by atoms with van der Waals surface area (Å²) in [6.07, 6.45) is 8.12. The highest BCUT2D eigenvalue weighted by molar-refractivity contribution is 6.03. The van der Waals surface area contributed by atoms with E-state index in [1.807, 2.05) is 6.08 Å². The molecule has 1 heteroatoms. The van der Waals surface area contributed by atoms with Gasteiger partial charge in [0.2, 0.25) is 0 Å². The van der Waals surface area contributed by atoms with E-state index in [0.29, 0.717) is 0 Å². The Morgan fingerprint density at radius 1 is 1.46 bits per heavy atom. The van der Waals surface area contributed by atoms with Crippen LogP contribution in [0.3, 0.4) is 0 Å². The van der Waals surface area contributed by atoms with Crippen LogP contribution in [0.4, 0.5) is 0 Å². The Morgan fingerprint density at radius 2 is 2.23 bits per heavy atom. The average molecular weight is 175 g/mol. The lowest BCUT2D eigenvalue weighted by molar-refractivity contribution is 0.935. The lowest BCUT2D eigenvalue weighted by Crippen LogP contribution is -1.96. The van der Waals surface area contributed by atoms with Crippen molar-refractivity contribution in [1.29, 1.82) is 0 Å². The number of nitrogens with zero attached hydrogens (tertiary/aromatic N) is 1. The molecule has 0 unspecified atom stereocenters. The maximum Gasteiger partial charge on any atom is 0.0438 e. The summed E-state index contributed by atoms with van der Waals surface area (Å²) in [7, 11) is 0. The first kappa shape index (κ1) is 9.97. The molecule has 0 saturated heterocycles. The molecule has 1 nitrogen and oxygen atoms in total. The third-order valence-corrected chi connectivity index (χ3v) is 2.45. The van der Waals surface area contributed by atoms with Crippen molar-refractivity contribution < 1.29 is 0 Å². The van der Waals surface area contributed by atoms with Gasteiger partial charge in [-0.3, -0.25) is 4.99 Å². The highest BCUT2D eigenvalue weighted by Gasteiger charge is 2.16. The van der Waals surface area contributed by atoms with Gasteiger partial charge in [0.05, 0.1) is 0 Å². The molecule has 0 spiro atoms. The topological polar surface area (TPSA) is 12.4 Å². The van der Waals surface area contributed by atoms with Gasteiger partial charge in [0.25, 0.3) is 0 Å². The number of hydrogen-bond acceptors (Lipinski definition) is 1. The van der Waals surface area contributed by atoms with E-state index in [0.717, 1.165) is 19.3 Å². The molecule has 70 valence electrons. The Bertz CT molecular complexity index is 269. The molecule has 0 amide bonds. The van der Waals surface area contributed by atoms with E-state index in [9.17, 15) is 0 Å². The summed E-state index contributed by atoms with van der Waals surface area (Å²) in [5.41, 5.74) is 3.96. The van der Waals surface area contributed by atoms with Gasteiger partial charge in [-0.1, -0.05) is 26.2 Å². The lowest BCUT2D eigenvalue weighted by atomic mass is 10.0. The lowest BCUT2D eigenvalue weighted by Gasteiger charge is -2.04. The second kappa shape index (κ2) is 4.80. The van der Waals surface area contributed by atoms with Crippen LogP contribution < -0.4 is 0 Å². The van der Waals surface area contributed by atoms with Crippen molar-refractivity contribution in [3.05, 3.63) is 36.6 Å². The molecule has 0 radical (unpaired) electrons. The Kier molecular flexibility index (Phi) is 3.69. The summed E-state index contributed by atoms with van der Waals surface area (Å²) in [4.78, 5) is 4.30. The van der Waals surface area contributed by atoms with Crippen LogP contribution in [0.1, 0.15) is 32.6 Å². The molecule has 0 aromatic heterocycles. The first-order chi connectivity index (χ1) is 6.33. The van der Waals surface area contributed by atoms with Gasteiger partial charge >= 0.3 is 0 Å². The van der Waals surface area contributed by atoms with Gasteiger partial charge in [-0.2, -0.15) is 0 Å². The fourth-order valence-corrected chi connectivity index (χ4v) is 1.81. The summed E-state index contributed by atoms with van der Waals surface area (Å²) in [5.74, 6) is 0. The van der Waals surface area contributed by atoms with Crippen molar-refractivity contribution in [3.63, 3.8) is 0 Å². The SMILES string of the molecule is C=C/N=C1/CCC/C1=C(/C=C)CC. The average Bonchev–Trinajstić information content (AvgIpc) is 2.57. The molecule has 1 aliphatic rings. The summed E-state index contributed by atoms with van der Waals surface area (Å²) in [5, 5.41) is 0. The second-order valence-corrected chi connectivity index (χ2v) is 3.17. The number of aliphatic imine (C=N–C) groups is 1. The van der Waals surface area contributed by atoms with Gasteiger partial charge in [0, 0.05) is 11.9 Å². The normalized spacial score (nSPS) is 23.3. The summed E-state index contributed by atoms with van der Waals surface area (Å²) < 4.78 is 0. The highest BCUT2D eigenvalue weighted by Crippen LogP contribution is 2.26. The molecule has 1 fully saturated rings. The van der Waals surface area contributed by atoms with Gasteiger partial charge in [-0.15, -0.1) is 0 Å². The third-order valence-electron chi connectivity index (χ3n) is 2.45. The molecule has 1 aliphatic carbocycles. The maximum atomic E-state index is 4.30. The molecule has 0 bridgehead atoms. The van der Waals surface area contributed by atoms with Crippen LogP contribution in [0.2, 0.25) is 0 Å². The van der Waals surface area contributed by atoms with Crippen molar-refractivity contribution in [1.82, 2.24) is 0 Å². The number of hydrogen-bond donors (Lipinski definition) is 0. The van der Waals surface area contributed by atoms with E-state index in [1.54, 1.807) is 6.20 Å². The monoisotopic (exact) mass is 175 g/mol. The Morgan fingerprint density at radius 3 is 2.77 bits per heavy atom. The quantitative estimate of drug-likeness (QED) is 0.621. The summed E-state index contributed by atoms with van der Waals surface area (Å²) >= 11 is 0. The predicted molar refractivity (Wildman–Crippen MR) is 59.0 cm³/mol. The van der Waals surface area contributed by atoms with E-state index in [1.165, 1.54) is 23.3 Å². The molecule has 1 rings (SSSR count). The zero-order chi connectivity index (χ0) is 9.68. The van der Waals surface area contributed by atoms with Crippen LogP contribution in [0.25, 0.3) is 0 Å². The molecular weight excluding hydrogens is 158 g/mol. The molecular formula is C12H17N. The van der Waals surface area contributed by atoms with Gasteiger partial charge in [0.15, 0.2) is 0 Å². The summed E-state index contributed by atoms with van der Waals surface area (Å²) in [6, 6.07) is 0. The van der Waals surface area contributed by atoms with E-state index >= 15 is 0 Å². The Balaban J connectivity index is 3.01. The zero-order valence-corrected chi connectivity index (χ0v) is 8.34. The van der Waals surface area contributed by atoms with E-state index in [-0.39, 0.29) is 0 Å². The van der Waals surface area contributed by atoms with Crippen molar-refractivity contribution in [2.75, 3.05) is 0 Å². The fourth-order valence-electron chi connectivity index (χ4n) is 1.81. The molecule has 0 aromatic rings. The van der Waals surface area contributed by atoms with Crippen molar-refractivity contribution >= 4 is 5.71 Å². The van der Waals surface area contributed by atoms with Crippen molar-refractivity contribution in [2.45, 2.75) is 32.6 Å². The number of rotatable bonds is 3. The van der Waals surface area contributed by atoms with E-state index in [4.69, 9.17) is 0 Å². The minimum Gasteiger partial charge on any atom is -0.262 e. The molecule has 0 aliphatic heterocycles. The van der Waals surface area contributed by atoms with Gasteiger partial charge < -0.3 is 0 Å². The zero-order valence-electron chi connectivity index (χ0n) is 8.34. The minimum atomic E-state index is 1.05. The van der Waals surface area contributed by atoms with Crippen LogP contribution in [0, 0.1) is 0 Å². The largest absolute Gasteiger partial charge is 0.262 e. The first-order valence-corrected chi connectivity index (χ1v) is 4.85. The van der Waals surface area contributed by atoms with Crippen LogP contribution in [-0.2, 0) is 0 Å².